The largest absolute Gasteiger partial charge is 0.389 e. The summed E-state index contributed by atoms with van der Waals surface area (Å²) in [6.07, 6.45) is 0.877. The van der Waals surface area contributed by atoms with Gasteiger partial charge in [0.15, 0.2) is 0 Å². The topological polar surface area (TPSA) is 66.4 Å². The summed E-state index contributed by atoms with van der Waals surface area (Å²) in [5.74, 6) is 0. The Hall–Kier alpha value is 0.150. The second-order valence-corrected chi connectivity index (χ2v) is 7.89. The summed E-state index contributed by atoms with van der Waals surface area (Å²) in [6, 6.07) is 2.90. The second-order valence-electron chi connectivity index (χ2n) is 4.45. The van der Waals surface area contributed by atoms with Crippen LogP contribution >= 0.6 is 39.1 Å². The van der Waals surface area contributed by atoms with Crippen molar-refractivity contribution in [3.05, 3.63) is 26.7 Å². The molecule has 4 nitrogen and oxygen atoms in total. The van der Waals surface area contributed by atoms with Crippen LogP contribution < -0.4 is 4.72 Å². The summed E-state index contributed by atoms with van der Waals surface area (Å²) in [5, 5.41) is 10.2. The SMILES string of the molecule is CCC(O)(CC)CNS(=O)(=O)c1c(Cl)cc(Br)cc1Cl. The molecule has 0 bridgehead atoms. The van der Waals surface area contributed by atoms with Crippen LogP contribution in [-0.2, 0) is 10.0 Å². The lowest BCUT2D eigenvalue weighted by Gasteiger charge is -2.25. The van der Waals surface area contributed by atoms with Crippen molar-refractivity contribution in [2.75, 3.05) is 6.54 Å². The van der Waals surface area contributed by atoms with Crippen LogP contribution in [0, 0.1) is 0 Å². The molecule has 1 rings (SSSR count). The van der Waals surface area contributed by atoms with Crippen LogP contribution in [0.5, 0.6) is 0 Å². The van der Waals surface area contributed by atoms with E-state index < -0.39 is 15.6 Å². The van der Waals surface area contributed by atoms with Gasteiger partial charge in [0.2, 0.25) is 10.0 Å². The molecule has 0 saturated carbocycles. The first-order valence-corrected chi connectivity index (χ1v) is 9.05. The van der Waals surface area contributed by atoms with Crippen LogP contribution in [0.2, 0.25) is 10.0 Å². The molecule has 114 valence electrons. The van der Waals surface area contributed by atoms with Crippen molar-refractivity contribution in [3.8, 4) is 0 Å². The highest BCUT2D eigenvalue weighted by Gasteiger charge is 2.28. The normalized spacial score (nSPS) is 12.7. The molecule has 0 aliphatic rings. The Morgan fingerprint density at radius 2 is 1.70 bits per heavy atom. The smallest absolute Gasteiger partial charge is 0.243 e. The second kappa shape index (κ2) is 6.94. The third-order valence-corrected chi connectivity index (χ3v) is 5.92. The summed E-state index contributed by atoms with van der Waals surface area (Å²) < 4.78 is 27.5. The molecule has 20 heavy (non-hydrogen) atoms. The molecular weight excluding hydrogens is 389 g/mol. The van der Waals surface area contributed by atoms with E-state index in [1.165, 1.54) is 12.1 Å². The van der Waals surface area contributed by atoms with Crippen molar-refractivity contribution in [2.45, 2.75) is 37.2 Å². The first kappa shape index (κ1) is 18.2. The molecule has 8 heteroatoms. The lowest BCUT2D eigenvalue weighted by atomic mass is 9.98. The molecule has 0 aliphatic carbocycles. The number of sulfonamides is 1. The zero-order valence-electron chi connectivity index (χ0n) is 11.1. The maximum Gasteiger partial charge on any atom is 0.243 e. The van der Waals surface area contributed by atoms with Crippen molar-refractivity contribution < 1.29 is 13.5 Å². The van der Waals surface area contributed by atoms with Gasteiger partial charge in [-0.25, -0.2) is 13.1 Å². The van der Waals surface area contributed by atoms with Gasteiger partial charge in [0.05, 0.1) is 15.6 Å². The van der Waals surface area contributed by atoms with Gasteiger partial charge in [0.25, 0.3) is 0 Å². The van der Waals surface area contributed by atoms with Gasteiger partial charge in [0, 0.05) is 11.0 Å². The first-order chi connectivity index (χ1) is 9.15. The molecule has 1 aromatic carbocycles. The predicted octanol–water partition coefficient (Wildman–Crippen LogP) is 3.59. The maximum absolute atomic E-state index is 12.3. The van der Waals surface area contributed by atoms with E-state index in [4.69, 9.17) is 23.2 Å². The monoisotopic (exact) mass is 403 g/mol. The van der Waals surface area contributed by atoms with E-state index in [0.717, 1.165) is 0 Å². The number of aliphatic hydroxyl groups is 1. The van der Waals surface area contributed by atoms with Crippen LogP contribution in [0.3, 0.4) is 0 Å². The van der Waals surface area contributed by atoms with E-state index in [-0.39, 0.29) is 21.5 Å². The van der Waals surface area contributed by atoms with Gasteiger partial charge < -0.3 is 5.11 Å². The van der Waals surface area contributed by atoms with Crippen molar-refractivity contribution in [1.29, 1.82) is 0 Å². The molecule has 0 amide bonds. The van der Waals surface area contributed by atoms with E-state index in [1.54, 1.807) is 13.8 Å². The van der Waals surface area contributed by atoms with Gasteiger partial charge in [-0.05, 0) is 25.0 Å². The highest BCUT2D eigenvalue weighted by molar-refractivity contribution is 9.10. The zero-order chi connectivity index (χ0) is 15.6. The minimum absolute atomic E-state index is 0.0217. The molecule has 0 radical (unpaired) electrons. The molecule has 2 N–H and O–H groups in total. The van der Waals surface area contributed by atoms with Gasteiger partial charge >= 0.3 is 0 Å². The molecule has 0 fully saturated rings. The van der Waals surface area contributed by atoms with Crippen LogP contribution in [0.4, 0.5) is 0 Å². The minimum atomic E-state index is -3.89. The fourth-order valence-electron chi connectivity index (χ4n) is 1.59. The first-order valence-electron chi connectivity index (χ1n) is 6.02. The molecule has 0 spiro atoms. The van der Waals surface area contributed by atoms with Gasteiger partial charge in [-0.3, -0.25) is 0 Å². The molecular formula is C12H16BrCl2NO3S. The summed E-state index contributed by atoms with van der Waals surface area (Å²) in [4.78, 5) is -0.182. The molecule has 0 heterocycles. The van der Waals surface area contributed by atoms with Gasteiger partial charge in [0.1, 0.15) is 4.90 Å². The molecule has 0 atom stereocenters. The Bertz CT molecular complexity index is 565. The van der Waals surface area contributed by atoms with Crippen LogP contribution in [0.1, 0.15) is 26.7 Å². The lowest BCUT2D eigenvalue weighted by molar-refractivity contribution is 0.0377. The zero-order valence-corrected chi connectivity index (χ0v) is 15.0. The average Bonchev–Trinajstić information content (AvgIpc) is 2.34. The van der Waals surface area contributed by atoms with E-state index in [0.29, 0.717) is 17.3 Å². The Labute approximate surface area is 137 Å². The average molecular weight is 405 g/mol. The van der Waals surface area contributed by atoms with E-state index in [9.17, 15) is 13.5 Å². The predicted molar refractivity (Wildman–Crippen MR) is 84.9 cm³/mol. The van der Waals surface area contributed by atoms with Crippen molar-refractivity contribution in [3.63, 3.8) is 0 Å². The van der Waals surface area contributed by atoms with Crippen molar-refractivity contribution in [2.24, 2.45) is 0 Å². The summed E-state index contributed by atoms with van der Waals surface area (Å²) in [7, 11) is -3.89. The summed E-state index contributed by atoms with van der Waals surface area (Å²) in [6.45, 7) is 3.49. The standard InChI is InChI=1S/C12H16BrCl2NO3S/c1-3-12(17,4-2)7-16-20(18,19)11-9(14)5-8(13)6-10(11)15/h5-6,16-17H,3-4,7H2,1-2H3. The van der Waals surface area contributed by atoms with Crippen molar-refractivity contribution >= 4 is 49.2 Å². The molecule has 0 unspecified atom stereocenters. The number of rotatable bonds is 6. The van der Waals surface area contributed by atoms with Crippen LogP contribution in [0.25, 0.3) is 0 Å². The Balaban J connectivity index is 3.07. The van der Waals surface area contributed by atoms with Crippen molar-refractivity contribution in [1.82, 2.24) is 4.72 Å². The number of hydrogen-bond acceptors (Lipinski definition) is 3. The third-order valence-electron chi connectivity index (χ3n) is 3.14. The van der Waals surface area contributed by atoms with Gasteiger partial charge in [-0.15, -0.1) is 0 Å². The van der Waals surface area contributed by atoms with Crippen LogP contribution in [0.15, 0.2) is 21.5 Å². The fraction of sp³-hybridized carbons (Fsp3) is 0.500. The highest BCUT2D eigenvalue weighted by atomic mass is 79.9. The fourth-order valence-corrected chi connectivity index (χ4v) is 4.64. The summed E-state index contributed by atoms with van der Waals surface area (Å²) >= 11 is 15.1. The maximum atomic E-state index is 12.3. The number of benzene rings is 1. The highest BCUT2D eigenvalue weighted by Crippen LogP contribution is 2.32. The quantitative estimate of drug-likeness (QED) is 0.761. The molecule has 0 saturated heterocycles. The Morgan fingerprint density at radius 3 is 2.10 bits per heavy atom. The Kier molecular flexibility index (Phi) is 6.32. The van der Waals surface area contributed by atoms with E-state index >= 15 is 0 Å². The summed E-state index contributed by atoms with van der Waals surface area (Å²) in [5.41, 5.74) is -1.08. The van der Waals surface area contributed by atoms with E-state index in [1.807, 2.05) is 0 Å². The molecule has 0 aromatic heterocycles. The minimum Gasteiger partial charge on any atom is -0.389 e. The van der Waals surface area contributed by atoms with Gasteiger partial charge in [-0.2, -0.15) is 0 Å². The Morgan fingerprint density at radius 1 is 1.25 bits per heavy atom. The number of halogens is 3. The number of nitrogens with one attached hydrogen (secondary N) is 1. The number of hydrogen-bond donors (Lipinski definition) is 2. The van der Waals surface area contributed by atoms with Gasteiger partial charge in [-0.1, -0.05) is 53.0 Å². The lowest BCUT2D eigenvalue weighted by Crippen LogP contribution is -2.42. The van der Waals surface area contributed by atoms with Crippen LogP contribution in [-0.4, -0.2) is 25.7 Å². The van der Waals surface area contributed by atoms with E-state index in [2.05, 4.69) is 20.7 Å². The molecule has 0 aliphatic heterocycles. The molecule has 1 aromatic rings. The third kappa shape index (κ3) is 4.32.